The lowest BCUT2D eigenvalue weighted by atomic mass is 9.97. The number of aliphatic hydroxyl groups is 1. The molecule has 0 radical (unpaired) electrons. The van der Waals surface area contributed by atoms with Gasteiger partial charge in [0.15, 0.2) is 0 Å². The number of carbonyl (C=O) groups is 1. The maximum atomic E-state index is 12.3. The van der Waals surface area contributed by atoms with Crippen LogP contribution in [0.2, 0.25) is 5.02 Å². The van der Waals surface area contributed by atoms with Gasteiger partial charge in [0.25, 0.3) is 0 Å². The lowest BCUT2D eigenvalue weighted by Crippen LogP contribution is -2.52. The van der Waals surface area contributed by atoms with Crippen LogP contribution in [0.1, 0.15) is 19.8 Å². The molecule has 122 valence electrons. The lowest BCUT2D eigenvalue weighted by molar-refractivity contribution is 0.159. The van der Waals surface area contributed by atoms with E-state index in [4.69, 9.17) is 11.6 Å². The Morgan fingerprint density at radius 1 is 1.48 bits per heavy atom. The molecule has 23 heavy (non-hydrogen) atoms. The van der Waals surface area contributed by atoms with Gasteiger partial charge in [-0.3, -0.25) is 0 Å². The monoisotopic (exact) mass is 334 g/mol. The number of halogens is 1. The third kappa shape index (κ3) is 3.33. The molecule has 1 aromatic heterocycles. The van der Waals surface area contributed by atoms with E-state index in [1.54, 1.807) is 41.3 Å². The third-order valence-corrected chi connectivity index (χ3v) is 4.48. The van der Waals surface area contributed by atoms with Crippen molar-refractivity contribution in [2.24, 2.45) is 5.92 Å². The van der Waals surface area contributed by atoms with E-state index in [2.05, 4.69) is 15.7 Å². The summed E-state index contributed by atoms with van der Waals surface area (Å²) in [6.45, 7) is 1.77. The highest BCUT2D eigenvalue weighted by Gasteiger charge is 2.42. The molecule has 2 amide bonds. The maximum Gasteiger partial charge on any atom is 0.319 e. The fraction of sp³-hybridized carbons (Fsp3) is 0.375. The quantitative estimate of drug-likeness (QED) is 0.786. The molecule has 1 saturated carbocycles. The molecule has 3 N–H and O–H groups in total. The van der Waals surface area contributed by atoms with Gasteiger partial charge in [0.2, 0.25) is 0 Å². The number of hydrogen-bond donors (Lipinski definition) is 3. The number of carbonyl (C=O) groups excluding carboxylic acids is 1. The van der Waals surface area contributed by atoms with Gasteiger partial charge >= 0.3 is 6.03 Å². The van der Waals surface area contributed by atoms with Crippen molar-refractivity contribution in [3.63, 3.8) is 0 Å². The molecule has 1 unspecified atom stereocenters. The first-order valence-corrected chi connectivity index (χ1v) is 7.90. The summed E-state index contributed by atoms with van der Waals surface area (Å²) < 4.78 is 1.60. The van der Waals surface area contributed by atoms with E-state index in [0.717, 1.165) is 12.8 Å². The SMILES string of the molecule is CC(CO)(NC(=O)Nc1cccc(Cl)c1-n1cccn1)C1CC1. The molecule has 1 aromatic carbocycles. The van der Waals surface area contributed by atoms with Crippen molar-refractivity contribution in [3.05, 3.63) is 41.7 Å². The molecular formula is C16H19ClN4O2. The van der Waals surface area contributed by atoms with Gasteiger partial charge < -0.3 is 15.7 Å². The molecule has 1 atom stereocenters. The van der Waals surface area contributed by atoms with Crippen LogP contribution < -0.4 is 10.6 Å². The van der Waals surface area contributed by atoms with E-state index in [9.17, 15) is 9.90 Å². The Labute approximate surface area is 139 Å². The Kier molecular flexibility index (Phi) is 4.28. The molecule has 2 aromatic rings. The van der Waals surface area contributed by atoms with Gasteiger partial charge in [-0.25, -0.2) is 9.48 Å². The minimum absolute atomic E-state index is 0.0906. The van der Waals surface area contributed by atoms with Crippen LogP contribution in [0.5, 0.6) is 0 Å². The van der Waals surface area contributed by atoms with Crippen molar-refractivity contribution in [2.75, 3.05) is 11.9 Å². The summed E-state index contributed by atoms with van der Waals surface area (Å²) in [6, 6.07) is 6.67. The molecule has 0 aliphatic heterocycles. The first kappa shape index (κ1) is 15.8. The molecule has 0 spiro atoms. The van der Waals surface area contributed by atoms with Crippen LogP contribution in [0.3, 0.4) is 0 Å². The number of para-hydroxylation sites is 1. The Bertz CT molecular complexity index is 700. The Hall–Kier alpha value is -2.05. The van der Waals surface area contributed by atoms with Crippen LogP contribution in [0, 0.1) is 5.92 Å². The highest BCUT2D eigenvalue weighted by atomic mass is 35.5. The largest absolute Gasteiger partial charge is 0.394 e. The molecule has 0 saturated heterocycles. The predicted molar refractivity (Wildman–Crippen MR) is 88.9 cm³/mol. The molecule has 7 heteroatoms. The van der Waals surface area contributed by atoms with E-state index in [1.165, 1.54) is 0 Å². The maximum absolute atomic E-state index is 12.3. The van der Waals surface area contributed by atoms with Crippen molar-refractivity contribution >= 4 is 23.3 Å². The predicted octanol–water partition coefficient (Wildman–Crippen LogP) is 2.81. The second-order valence-corrected chi connectivity index (χ2v) is 6.42. The molecule has 6 nitrogen and oxygen atoms in total. The molecule has 1 fully saturated rings. The van der Waals surface area contributed by atoms with Crippen molar-refractivity contribution in [1.82, 2.24) is 15.1 Å². The summed E-state index contributed by atoms with van der Waals surface area (Å²) >= 11 is 6.25. The van der Waals surface area contributed by atoms with Gasteiger partial charge in [-0.1, -0.05) is 17.7 Å². The average Bonchev–Trinajstić information content (AvgIpc) is 3.25. The third-order valence-electron chi connectivity index (χ3n) is 4.17. The number of nitrogens with one attached hydrogen (secondary N) is 2. The zero-order chi connectivity index (χ0) is 16.4. The summed E-state index contributed by atoms with van der Waals surface area (Å²) in [5.74, 6) is 0.322. The number of benzene rings is 1. The van der Waals surface area contributed by atoms with Gasteiger partial charge in [-0.05, 0) is 43.9 Å². The second-order valence-electron chi connectivity index (χ2n) is 6.02. The highest BCUT2D eigenvalue weighted by molar-refractivity contribution is 6.33. The fourth-order valence-corrected chi connectivity index (χ4v) is 2.92. The molecule has 0 bridgehead atoms. The molecular weight excluding hydrogens is 316 g/mol. The first-order chi connectivity index (χ1) is 11.0. The summed E-state index contributed by atoms with van der Waals surface area (Å²) in [5.41, 5.74) is 0.551. The number of aliphatic hydroxyl groups excluding tert-OH is 1. The first-order valence-electron chi connectivity index (χ1n) is 7.52. The summed E-state index contributed by atoms with van der Waals surface area (Å²) in [7, 11) is 0. The van der Waals surface area contributed by atoms with Crippen molar-refractivity contribution in [2.45, 2.75) is 25.3 Å². The average molecular weight is 335 g/mol. The summed E-state index contributed by atoms with van der Waals surface area (Å²) in [5, 5.41) is 19.9. The Morgan fingerprint density at radius 2 is 2.26 bits per heavy atom. The van der Waals surface area contributed by atoms with Crippen LogP contribution in [0.25, 0.3) is 5.69 Å². The minimum atomic E-state index is -0.603. The van der Waals surface area contributed by atoms with Crippen LogP contribution in [-0.4, -0.2) is 33.1 Å². The second kappa shape index (κ2) is 6.22. The number of urea groups is 1. The number of anilines is 1. The van der Waals surface area contributed by atoms with E-state index in [-0.39, 0.29) is 12.6 Å². The van der Waals surface area contributed by atoms with Gasteiger partial charge in [0, 0.05) is 12.4 Å². The van der Waals surface area contributed by atoms with Crippen LogP contribution in [0.15, 0.2) is 36.7 Å². The Morgan fingerprint density at radius 3 is 2.87 bits per heavy atom. The summed E-state index contributed by atoms with van der Waals surface area (Å²) in [4.78, 5) is 12.3. The normalized spacial score (nSPS) is 16.7. The molecule has 1 aliphatic carbocycles. The number of rotatable bonds is 5. The lowest BCUT2D eigenvalue weighted by Gasteiger charge is -2.29. The molecule has 1 aliphatic rings. The number of amides is 2. The Balaban J connectivity index is 1.80. The molecule has 3 rings (SSSR count). The van der Waals surface area contributed by atoms with E-state index < -0.39 is 5.54 Å². The number of nitrogens with zero attached hydrogens (tertiary/aromatic N) is 2. The van der Waals surface area contributed by atoms with Crippen molar-refractivity contribution < 1.29 is 9.90 Å². The highest BCUT2D eigenvalue weighted by Crippen LogP contribution is 2.39. The smallest absolute Gasteiger partial charge is 0.319 e. The van der Waals surface area contributed by atoms with E-state index >= 15 is 0 Å². The van der Waals surface area contributed by atoms with Gasteiger partial charge in [-0.15, -0.1) is 0 Å². The number of aromatic nitrogens is 2. The van der Waals surface area contributed by atoms with Crippen LogP contribution >= 0.6 is 11.6 Å². The van der Waals surface area contributed by atoms with Gasteiger partial charge in [0.1, 0.15) is 5.69 Å². The topological polar surface area (TPSA) is 79.2 Å². The molecule has 1 heterocycles. The van der Waals surface area contributed by atoms with Gasteiger partial charge in [0.05, 0.1) is 22.9 Å². The van der Waals surface area contributed by atoms with E-state index in [0.29, 0.717) is 22.3 Å². The summed E-state index contributed by atoms with van der Waals surface area (Å²) in [6.07, 6.45) is 5.44. The van der Waals surface area contributed by atoms with Crippen LogP contribution in [0.4, 0.5) is 10.5 Å². The van der Waals surface area contributed by atoms with Crippen LogP contribution in [-0.2, 0) is 0 Å². The van der Waals surface area contributed by atoms with Crippen molar-refractivity contribution in [1.29, 1.82) is 0 Å². The zero-order valence-electron chi connectivity index (χ0n) is 12.8. The fourth-order valence-electron chi connectivity index (χ4n) is 2.65. The minimum Gasteiger partial charge on any atom is -0.394 e. The van der Waals surface area contributed by atoms with Gasteiger partial charge in [-0.2, -0.15) is 5.10 Å². The number of hydrogen-bond acceptors (Lipinski definition) is 3. The van der Waals surface area contributed by atoms with Crippen molar-refractivity contribution in [3.8, 4) is 5.69 Å². The zero-order valence-corrected chi connectivity index (χ0v) is 13.5. The van der Waals surface area contributed by atoms with E-state index in [1.807, 2.05) is 6.92 Å². The standard InChI is InChI=1S/C16H19ClN4O2/c1-16(10-22,11-6-7-11)20-15(23)19-13-5-2-4-12(17)14(13)21-9-3-8-18-21/h2-5,8-9,11,22H,6-7,10H2,1H3,(H2,19,20,23).